The van der Waals surface area contributed by atoms with Crippen LogP contribution in [-0.4, -0.2) is 17.5 Å². The standard InChI is InChI=1S/C16H15NO2/c1-2-12-19-15-11-7-6-10-14(15)16(17-18)13-8-4-3-5-9-13/h2-11,18H,1,12H2/b17-16+. The van der Waals surface area contributed by atoms with Gasteiger partial charge in [-0.25, -0.2) is 0 Å². The lowest BCUT2D eigenvalue weighted by atomic mass is 10.0. The molecule has 19 heavy (non-hydrogen) atoms. The molecule has 2 aromatic carbocycles. The summed E-state index contributed by atoms with van der Waals surface area (Å²) >= 11 is 0. The van der Waals surface area contributed by atoms with Gasteiger partial charge in [0.2, 0.25) is 0 Å². The largest absolute Gasteiger partial charge is 0.489 e. The van der Waals surface area contributed by atoms with E-state index in [1.54, 1.807) is 6.08 Å². The number of ether oxygens (including phenoxy) is 1. The lowest BCUT2D eigenvalue weighted by molar-refractivity contribution is 0.319. The van der Waals surface area contributed by atoms with Gasteiger partial charge in [0.15, 0.2) is 0 Å². The van der Waals surface area contributed by atoms with Crippen molar-refractivity contribution in [2.24, 2.45) is 5.16 Å². The maximum Gasteiger partial charge on any atom is 0.129 e. The third-order valence-corrected chi connectivity index (χ3v) is 2.65. The van der Waals surface area contributed by atoms with Gasteiger partial charge in [0.1, 0.15) is 18.1 Å². The molecule has 0 radical (unpaired) electrons. The second kappa shape index (κ2) is 6.40. The second-order valence-corrected chi connectivity index (χ2v) is 3.91. The van der Waals surface area contributed by atoms with Crippen LogP contribution in [0.15, 0.2) is 72.4 Å². The molecule has 0 atom stereocenters. The maximum absolute atomic E-state index is 9.30. The Balaban J connectivity index is 2.42. The Labute approximate surface area is 112 Å². The summed E-state index contributed by atoms with van der Waals surface area (Å²) in [6.07, 6.45) is 1.68. The minimum absolute atomic E-state index is 0.407. The quantitative estimate of drug-likeness (QED) is 0.383. The van der Waals surface area contributed by atoms with Crippen LogP contribution in [0.4, 0.5) is 0 Å². The molecular weight excluding hydrogens is 238 g/mol. The molecular formula is C16H15NO2. The monoisotopic (exact) mass is 253 g/mol. The van der Waals surface area contributed by atoms with Crippen molar-refractivity contribution in [3.8, 4) is 5.75 Å². The van der Waals surface area contributed by atoms with Crippen LogP contribution in [0.1, 0.15) is 11.1 Å². The number of nitrogens with zero attached hydrogens (tertiary/aromatic N) is 1. The molecule has 0 unspecified atom stereocenters. The van der Waals surface area contributed by atoms with E-state index >= 15 is 0 Å². The van der Waals surface area contributed by atoms with Gasteiger partial charge in [0.25, 0.3) is 0 Å². The zero-order valence-electron chi connectivity index (χ0n) is 10.5. The van der Waals surface area contributed by atoms with Crippen LogP contribution >= 0.6 is 0 Å². The molecule has 0 spiro atoms. The highest BCUT2D eigenvalue weighted by Crippen LogP contribution is 2.22. The number of rotatable bonds is 5. The molecule has 0 saturated heterocycles. The second-order valence-electron chi connectivity index (χ2n) is 3.91. The fourth-order valence-corrected chi connectivity index (χ4v) is 1.80. The third kappa shape index (κ3) is 3.01. The molecule has 2 rings (SSSR count). The molecule has 0 aliphatic carbocycles. The van der Waals surface area contributed by atoms with Gasteiger partial charge in [0.05, 0.1) is 0 Å². The molecule has 0 amide bonds. The molecule has 0 heterocycles. The minimum Gasteiger partial charge on any atom is -0.489 e. The number of oxime groups is 1. The Morgan fingerprint density at radius 2 is 1.79 bits per heavy atom. The summed E-state index contributed by atoms with van der Waals surface area (Å²) in [5.41, 5.74) is 2.07. The van der Waals surface area contributed by atoms with E-state index in [9.17, 15) is 5.21 Å². The van der Waals surface area contributed by atoms with Gasteiger partial charge in [-0.15, -0.1) is 0 Å². The lowest BCUT2D eigenvalue weighted by Gasteiger charge is -2.11. The molecule has 96 valence electrons. The Bertz CT molecular complexity index is 576. The fraction of sp³-hybridized carbons (Fsp3) is 0.0625. The van der Waals surface area contributed by atoms with Crippen LogP contribution in [0.3, 0.4) is 0 Å². The third-order valence-electron chi connectivity index (χ3n) is 2.65. The molecule has 0 fully saturated rings. The first-order valence-electron chi connectivity index (χ1n) is 5.97. The molecule has 0 aromatic heterocycles. The van der Waals surface area contributed by atoms with E-state index < -0.39 is 0 Å². The van der Waals surface area contributed by atoms with Gasteiger partial charge in [0, 0.05) is 11.1 Å². The van der Waals surface area contributed by atoms with Crippen LogP contribution in [0.2, 0.25) is 0 Å². The Morgan fingerprint density at radius 1 is 1.11 bits per heavy atom. The fourth-order valence-electron chi connectivity index (χ4n) is 1.80. The van der Waals surface area contributed by atoms with Gasteiger partial charge < -0.3 is 9.94 Å². The van der Waals surface area contributed by atoms with Crippen molar-refractivity contribution in [2.45, 2.75) is 0 Å². The van der Waals surface area contributed by atoms with Crippen LogP contribution < -0.4 is 4.74 Å². The first kappa shape index (κ1) is 12.9. The summed E-state index contributed by atoms with van der Waals surface area (Å²) in [6, 6.07) is 16.9. The minimum atomic E-state index is 0.407. The molecule has 2 aromatic rings. The predicted octanol–water partition coefficient (Wildman–Crippen LogP) is 3.48. The zero-order valence-corrected chi connectivity index (χ0v) is 10.5. The van der Waals surface area contributed by atoms with Crippen LogP contribution in [0.25, 0.3) is 0 Å². The highest BCUT2D eigenvalue weighted by Gasteiger charge is 2.12. The highest BCUT2D eigenvalue weighted by molar-refractivity contribution is 6.14. The Morgan fingerprint density at radius 3 is 2.47 bits per heavy atom. The summed E-state index contributed by atoms with van der Waals surface area (Å²) in [4.78, 5) is 0. The first-order chi connectivity index (χ1) is 9.36. The van der Waals surface area contributed by atoms with Crippen LogP contribution in [-0.2, 0) is 0 Å². The van der Waals surface area contributed by atoms with Crippen molar-refractivity contribution in [1.82, 2.24) is 0 Å². The zero-order chi connectivity index (χ0) is 13.5. The molecule has 1 N–H and O–H groups in total. The molecule has 0 aliphatic heterocycles. The van der Waals surface area contributed by atoms with Crippen LogP contribution in [0, 0.1) is 0 Å². The number of hydrogen-bond acceptors (Lipinski definition) is 3. The molecule has 0 aliphatic rings. The first-order valence-corrected chi connectivity index (χ1v) is 5.97. The van der Waals surface area contributed by atoms with Gasteiger partial charge in [-0.2, -0.15) is 0 Å². The summed E-state index contributed by atoms with van der Waals surface area (Å²) in [5.74, 6) is 0.666. The van der Waals surface area contributed by atoms with E-state index in [4.69, 9.17) is 4.74 Å². The highest BCUT2D eigenvalue weighted by atomic mass is 16.5. The van der Waals surface area contributed by atoms with Crippen molar-refractivity contribution >= 4 is 5.71 Å². The number of hydrogen-bond donors (Lipinski definition) is 1. The molecule has 0 bridgehead atoms. The van der Waals surface area contributed by atoms with E-state index in [0.29, 0.717) is 18.1 Å². The van der Waals surface area contributed by atoms with Gasteiger partial charge in [-0.3, -0.25) is 0 Å². The average molecular weight is 253 g/mol. The maximum atomic E-state index is 9.30. The van der Waals surface area contributed by atoms with Crippen molar-refractivity contribution in [3.05, 3.63) is 78.4 Å². The SMILES string of the molecule is C=CCOc1ccccc1/C(=N/O)c1ccccc1. The van der Waals surface area contributed by atoms with Crippen molar-refractivity contribution in [1.29, 1.82) is 0 Å². The summed E-state index contributed by atoms with van der Waals surface area (Å²) in [6.45, 7) is 4.03. The van der Waals surface area contributed by atoms with E-state index in [-0.39, 0.29) is 0 Å². The van der Waals surface area contributed by atoms with E-state index in [0.717, 1.165) is 11.1 Å². The van der Waals surface area contributed by atoms with E-state index in [2.05, 4.69) is 11.7 Å². The van der Waals surface area contributed by atoms with E-state index in [1.165, 1.54) is 0 Å². The number of benzene rings is 2. The van der Waals surface area contributed by atoms with Crippen LogP contribution in [0.5, 0.6) is 5.75 Å². The predicted molar refractivity (Wildman–Crippen MR) is 76.0 cm³/mol. The Hall–Kier alpha value is -2.55. The summed E-state index contributed by atoms with van der Waals surface area (Å²) in [7, 11) is 0. The molecule has 3 nitrogen and oxygen atoms in total. The smallest absolute Gasteiger partial charge is 0.129 e. The van der Waals surface area contributed by atoms with E-state index in [1.807, 2.05) is 54.6 Å². The van der Waals surface area contributed by atoms with Gasteiger partial charge in [-0.05, 0) is 12.1 Å². The van der Waals surface area contributed by atoms with Crippen molar-refractivity contribution in [3.63, 3.8) is 0 Å². The van der Waals surface area contributed by atoms with Gasteiger partial charge >= 0.3 is 0 Å². The topological polar surface area (TPSA) is 41.8 Å². The molecule has 0 saturated carbocycles. The summed E-state index contributed by atoms with van der Waals surface area (Å²) in [5, 5.41) is 12.7. The Kier molecular flexibility index (Phi) is 4.34. The summed E-state index contributed by atoms with van der Waals surface area (Å²) < 4.78 is 5.58. The van der Waals surface area contributed by atoms with Gasteiger partial charge in [-0.1, -0.05) is 60.3 Å². The number of para-hydroxylation sites is 1. The average Bonchev–Trinajstić information content (AvgIpc) is 2.48. The van der Waals surface area contributed by atoms with Crippen molar-refractivity contribution < 1.29 is 9.94 Å². The normalized spacial score (nSPS) is 11.1. The lowest BCUT2D eigenvalue weighted by Crippen LogP contribution is -2.06. The molecule has 3 heteroatoms. The van der Waals surface area contributed by atoms with Crippen molar-refractivity contribution in [2.75, 3.05) is 6.61 Å².